The number of phenolic OH excluding ortho intramolecular Hbond substituents is 1. The van der Waals surface area contributed by atoms with Gasteiger partial charge in [-0.2, -0.15) is 0 Å². The smallest absolute Gasteiger partial charge is 0.163 e. The fourth-order valence-electron chi connectivity index (χ4n) is 2.98. The zero-order valence-corrected chi connectivity index (χ0v) is 16.5. The quantitative estimate of drug-likeness (QED) is 0.530. The number of pyridine rings is 1. The van der Waals surface area contributed by atoms with Gasteiger partial charge in [-0.25, -0.2) is 4.98 Å². The number of ether oxygens (including phenoxy) is 2. The Labute approximate surface area is 169 Å². The van der Waals surface area contributed by atoms with Crippen LogP contribution < -0.4 is 15.2 Å². The summed E-state index contributed by atoms with van der Waals surface area (Å²) in [5, 5.41) is 10.5. The fraction of sp³-hybridized carbons (Fsp3) is 0.217. The molecule has 1 aromatic heterocycles. The Morgan fingerprint density at radius 3 is 2.66 bits per heavy atom. The van der Waals surface area contributed by atoms with Crippen molar-refractivity contribution in [3.8, 4) is 23.0 Å². The minimum Gasteiger partial charge on any atom is -0.507 e. The molecule has 3 aromatic rings. The van der Waals surface area contributed by atoms with Crippen molar-refractivity contribution in [1.82, 2.24) is 4.98 Å². The molecule has 2 aromatic carbocycles. The number of carbonyl (C=O) groups is 1. The van der Waals surface area contributed by atoms with Gasteiger partial charge >= 0.3 is 0 Å². The van der Waals surface area contributed by atoms with Crippen LogP contribution in [0.1, 0.15) is 41.8 Å². The predicted molar refractivity (Wildman–Crippen MR) is 112 cm³/mol. The molecule has 0 aliphatic carbocycles. The molecule has 1 heterocycles. The van der Waals surface area contributed by atoms with Crippen LogP contribution in [0, 0.1) is 0 Å². The van der Waals surface area contributed by atoms with Crippen LogP contribution in [-0.4, -0.2) is 15.9 Å². The van der Waals surface area contributed by atoms with Crippen molar-refractivity contribution in [2.75, 3.05) is 5.73 Å². The van der Waals surface area contributed by atoms with E-state index >= 15 is 0 Å². The summed E-state index contributed by atoms with van der Waals surface area (Å²) in [6.45, 7) is 3.75. The van der Waals surface area contributed by atoms with Gasteiger partial charge in [0, 0.05) is 5.56 Å². The number of ketones is 1. The maximum atomic E-state index is 11.7. The summed E-state index contributed by atoms with van der Waals surface area (Å²) < 4.78 is 11.8. The first-order valence-corrected chi connectivity index (χ1v) is 9.44. The van der Waals surface area contributed by atoms with Crippen LogP contribution in [0.4, 0.5) is 5.82 Å². The molecule has 0 radical (unpaired) electrons. The van der Waals surface area contributed by atoms with Crippen molar-refractivity contribution in [2.24, 2.45) is 0 Å². The van der Waals surface area contributed by atoms with Crippen molar-refractivity contribution in [3.05, 3.63) is 71.4 Å². The van der Waals surface area contributed by atoms with E-state index in [1.807, 2.05) is 31.2 Å². The van der Waals surface area contributed by atoms with Crippen LogP contribution in [0.2, 0.25) is 0 Å². The van der Waals surface area contributed by atoms with Gasteiger partial charge in [0.15, 0.2) is 5.78 Å². The third-order valence-corrected chi connectivity index (χ3v) is 4.41. The van der Waals surface area contributed by atoms with Crippen molar-refractivity contribution in [3.63, 3.8) is 0 Å². The molecule has 0 saturated carbocycles. The number of anilines is 1. The standard InChI is InChI=1S/C23H24N2O4/c1-3-5-20-21(10-9-19(15(2)26)23(20)27)28-14-16-6-4-7-17(12-16)29-18-8-11-22(24)25-13-18/h4,6-13,27H,3,5,14H2,1-2H3,(H2,24,25). The monoisotopic (exact) mass is 392 g/mol. The summed E-state index contributed by atoms with van der Waals surface area (Å²) in [5.74, 6) is 2.08. The Morgan fingerprint density at radius 2 is 1.97 bits per heavy atom. The Bertz CT molecular complexity index is 1000. The number of hydrogen-bond acceptors (Lipinski definition) is 6. The number of Topliss-reactive ketones (excluding diaryl/α,β-unsaturated/α-hetero) is 1. The van der Waals surface area contributed by atoms with E-state index in [1.54, 1.807) is 30.5 Å². The highest BCUT2D eigenvalue weighted by molar-refractivity contribution is 5.97. The molecule has 3 rings (SSSR count). The van der Waals surface area contributed by atoms with Crippen LogP contribution in [0.15, 0.2) is 54.7 Å². The van der Waals surface area contributed by atoms with Gasteiger partial charge < -0.3 is 20.3 Å². The van der Waals surface area contributed by atoms with Gasteiger partial charge in [-0.3, -0.25) is 4.79 Å². The highest BCUT2D eigenvalue weighted by atomic mass is 16.5. The molecule has 0 unspecified atom stereocenters. The number of rotatable bonds is 8. The number of phenols is 1. The summed E-state index contributed by atoms with van der Waals surface area (Å²) in [6, 6.07) is 14.3. The summed E-state index contributed by atoms with van der Waals surface area (Å²) in [5.41, 5.74) is 7.46. The van der Waals surface area contributed by atoms with Gasteiger partial charge in [-0.05, 0) is 55.3 Å². The third kappa shape index (κ3) is 5.04. The summed E-state index contributed by atoms with van der Waals surface area (Å²) in [7, 11) is 0. The Kier molecular flexibility index (Phi) is 6.34. The lowest BCUT2D eigenvalue weighted by Gasteiger charge is -2.15. The molecule has 0 fully saturated rings. The normalized spacial score (nSPS) is 10.6. The third-order valence-electron chi connectivity index (χ3n) is 4.41. The second kappa shape index (κ2) is 9.10. The van der Waals surface area contributed by atoms with E-state index in [0.717, 1.165) is 12.0 Å². The fourth-order valence-corrected chi connectivity index (χ4v) is 2.98. The van der Waals surface area contributed by atoms with Gasteiger partial charge in [-0.15, -0.1) is 0 Å². The van der Waals surface area contributed by atoms with E-state index in [1.165, 1.54) is 6.92 Å². The van der Waals surface area contributed by atoms with Crippen molar-refractivity contribution in [1.29, 1.82) is 0 Å². The molecule has 6 heteroatoms. The molecule has 0 spiro atoms. The minimum absolute atomic E-state index is 0.00443. The highest BCUT2D eigenvalue weighted by Crippen LogP contribution is 2.33. The SMILES string of the molecule is CCCc1c(OCc2cccc(Oc3ccc(N)nc3)c2)ccc(C(C)=O)c1O. The zero-order chi connectivity index (χ0) is 20.8. The Morgan fingerprint density at radius 1 is 1.14 bits per heavy atom. The van der Waals surface area contributed by atoms with E-state index in [-0.39, 0.29) is 11.5 Å². The lowest BCUT2D eigenvalue weighted by atomic mass is 10.0. The molecule has 150 valence electrons. The number of aromatic hydroxyl groups is 1. The van der Waals surface area contributed by atoms with Crippen molar-refractivity contribution >= 4 is 11.6 Å². The van der Waals surface area contributed by atoms with Crippen LogP contribution >= 0.6 is 0 Å². The number of hydrogen-bond donors (Lipinski definition) is 2. The summed E-state index contributed by atoms with van der Waals surface area (Å²) in [6.07, 6.45) is 3.01. The van der Waals surface area contributed by atoms with E-state index < -0.39 is 0 Å². The molecule has 6 nitrogen and oxygen atoms in total. The van der Waals surface area contributed by atoms with Gasteiger partial charge in [0.2, 0.25) is 0 Å². The Hall–Kier alpha value is -3.54. The highest BCUT2D eigenvalue weighted by Gasteiger charge is 2.16. The molecule has 29 heavy (non-hydrogen) atoms. The molecule has 0 atom stereocenters. The maximum Gasteiger partial charge on any atom is 0.163 e. The second-order valence-corrected chi connectivity index (χ2v) is 6.70. The van der Waals surface area contributed by atoms with Gasteiger partial charge in [-0.1, -0.05) is 25.5 Å². The number of nitrogens with two attached hydrogens (primary N) is 1. The second-order valence-electron chi connectivity index (χ2n) is 6.70. The number of benzene rings is 2. The van der Waals surface area contributed by atoms with E-state index in [0.29, 0.717) is 47.2 Å². The summed E-state index contributed by atoms with van der Waals surface area (Å²) in [4.78, 5) is 15.7. The Balaban J connectivity index is 1.75. The van der Waals surface area contributed by atoms with E-state index in [9.17, 15) is 9.90 Å². The van der Waals surface area contributed by atoms with E-state index in [4.69, 9.17) is 15.2 Å². The molecule has 0 amide bonds. The molecule has 3 N–H and O–H groups in total. The van der Waals surface area contributed by atoms with Crippen molar-refractivity contribution < 1.29 is 19.4 Å². The molecule has 0 bridgehead atoms. The first-order chi connectivity index (χ1) is 14.0. The molecular weight excluding hydrogens is 368 g/mol. The first kappa shape index (κ1) is 20.2. The first-order valence-electron chi connectivity index (χ1n) is 9.44. The molecule has 0 aliphatic rings. The number of nitrogens with zero attached hydrogens (tertiary/aromatic N) is 1. The molecule has 0 aliphatic heterocycles. The van der Waals surface area contributed by atoms with Crippen LogP contribution in [0.3, 0.4) is 0 Å². The van der Waals surface area contributed by atoms with Gasteiger partial charge in [0.05, 0.1) is 11.8 Å². The number of carbonyl (C=O) groups excluding carboxylic acids is 1. The van der Waals surface area contributed by atoms with E-state index in [2.05, 4.69) is 4.98 Å². The molecular formula is C23H24N2O4. The lowest BCUT2D eigenvalue weighted by Crippen LogP contribution is -2.02. The largest absolute Gasteiger partial charge is 0.507 e. The number of nitrogen functional groups attached to an aromatic ring is 1. The van der Waals surface area contributed by atoms with Gasteiger partial charge in [0.1, 0.15) is 35.4 Å². The zero-order valence-electron chi connectivity index (χ0n) is 16.5. The maximum absolute atomic E-state index is 11.7. The average molecular weight is 392 g/mol. The average Bonchev–Trinajstić information content (AvgIpc) is 2.70. The topological polar surface area (TPSA) is 94.7 Å². The predicted octanol–water partition coefficient (Wildman–Crippen LogP) is 4.90. The minimum atomic E-state index is -0.173. The van der Waals surface area contributed by atoms with Gasteiger partial charge in [0.25, 0.3) is 0 Å². The van der Waals surface area contributed by atoms with Crippen LogP contribution in [0.25, 0.3) is 0 Å². The van der Waals surface area contributed by atoms with Crippen LogP contribution in [0.5, 0.6) is 23.0 Å². The lowest BCUT2D eigenvalue weighted by molar-refractivity contribution is 0.101. The summed E-state index contributed by atoms with van der Waals surface area (Å²) >= 11 is 0. The van der Waals surface area contributed by atoms with Crippen LogP contribution in [-0.2, 0) is 13.0 Å². The number of aromatic nitrogens is 1. The van der Waals surface area contributed by atoms with Crippen molar-refractivity contribution in [2.45, 2.75) is 33.3 Å². The molecule has 0 saturated heterocycles.